The van der Waals surface area contributed by atoms with Crippen LogP contribution in [-0.4, -0.2) is 16.4 Å². The molecule has 0 saturated carbocycles. The molecule has 0 heterocycles. The molecule has 1 amide bonds. The Morgan fingerprint density at radius 3 is 2.38 bits per heavy atom. The van der Waals surface area contributed by atoms with E-state index in [4.69, 9.17) is 5.26 Å². The number of hydrogen-bond donors (Lipinski definition) is 1. The quantitative estimate of drug-likeness (QED) is 0.667. The molecular formula is C13H13F2N3O3. The highest BCUT2D eigenvalue weighted by Gasteiger charge is 2.30. The van der Waals surface area contributed by atoms with Gasteiger partial charge >= 0.3 is 5.69 Å². The van der Waals surface area contributed by atoms with E-state index >= 15 is 0 Å². The van der Waals surface area contributed by atoms with Crippen molar-refractivity contribution >= 4 is 11.6 Å². The van der Waals surface area contributed by atoms with Gasteiger partial charge in [0.1, 0.15) is 11.4 Å². The summed E-state index contributed by atoms with van der Waals surface area (Å²) in [5, 5.41) is 21.9. The molecule has 0 aliphatic heterocycles. The molecule has 0 fully saturated rings. The lowest BCUT2D eigenvalue weighted by molar-refractivity contribution is -0.387. The number of nitrogens with zero attached hydrogens (tertiary/aromatic N) is 2. The number of carbonyl (C=O) groups excluding carboxylic acids is 1. The minimum atomic E-state index is -1.32. The van der Waals surface area contributed by atoms with Crippen molar-refractivity contribution in [3.05, 3.63) is 39.4 Å². The Morgan fingerprint density at radius 1 is 1.38 bits per heavy atom. The van der Waals surface area contributed by atoms with Crippen molar-refractivity contribution in [3.63, 3.8) is 0 Å². The molecule has 1 rings (SSSR count). The lowest BCUT2D eigenvalue weighted by atomic mass is 9.94. The summed E-state index contributed by atoms with van der Waals surface area (Å²) >= 11 is 0. The Labute approximate surface area is 119 Å². The van der Waals surface area contributed by atoms with Gasteiger partial charge in [0, 0.05) is 0 Å². The summed E-state index contributed by atoms with van der Waals surface area (Å²) in [4.78, 5) is 21.3. The zero-order valence-electron chi connectivity index (χ0n) is 11.4. The topological polar surface area (TPSA) is 96.0 Å². The van der Waals surface area contributed by atoms with E-state index in [2.05, 4.69) is 5.32 Å². The molecule has 0 atom stereocenters. The van der Waals surface area contributed by atoms with Crippen LogP contribution >= 0.6 is 0 Å². The normalized spacial score (nSPS) is 10.8. The number of nitriles is 1. The number of hydrogen-bond acceptors (Lipinski definition) is 4. The zero-order chi connectivity index (χ0) is 16.2. The van der Waals surface area contributed by atoms with E-state index < -0.39 is 39.3 Å². The Balaban J connectivity index is 3.18. The van der Waals surface area contributed by atoms with Crippen LogP contribution in [0.1, 0.15) is 37.0 Å². The highest BCUT2D eigenvalue weighted by Crippen LogP contribution is 2.22. The monoisotopic (exact) mass is 297 g/mol. The maximum Gasteiger partial charge on any atom is 0.307 e. The van der Waals surface area contributed by atoms with Gasteiger partial charge in [-0.05, 0) is 18.9 Å². The van der Waals surface area contributed by atoms with Gasteiger partial charge < -0.3 is 5.32 Å². The van der Waals surface area contributed by atoms with Crippen LogP contribution in [0, 0.1) is 33.1 Å². The van der Waals surface area contributed by atoms with Crippen LogP contribution in [0.4, 0.5) is 14.5 Å². The van der Waals surface area contributed by atoms with Crippen molar-refractivity contribution in [2.24, 2.45) is 0 Å². The Kier molecular flexibility index (Phi) is 4.92. The van der Waals surface area contributed by atoms with Crippen LogP contribution in [0.3, 0.4) is 0 Å². The molecule has 0 spiro atoms. The number of amides is 1. The highest BCUT2D eigenvalue weighted by molar-refractivity contribution is 5.95. The van der Waals surface area contributed by atoms with Gasteiger partial charge in [0.15, 0.2) is 0 Å². The van der Waals surface area contributed by atoms with Crippen molar-refractivity contribution in [1.29, 1.82) is 5.26 Å². The molecule has 8 heteroatoms. The van der Waals surface area contributed by atoms with Gasteiger partial charge in [-0.15, -0.1) is 0 Å². The molecule has 6 nitrogen and oxygen atoms in total. The minimum absolute atomic E-state index is 0.281. The number of benzene rings is 1. The van der Waals surface area contributed by atoms with Crippen molar-refractivity contribution < 1.29 is 18.5 Å². The molecule has 0 aliphatic carbocycles. The van der Waals surface area contributed by atoms with Crippen molar-refractivity contribution in [1.82, 2.24) is 5.32 Å². The van der Waals surface area contributed by atoms with E-state index in [0.29, 0.717) is 12.1 Å². The lowest BCUT2D eigenvalue weighted by Gasteiger charge is -2.24. The molecule has 21 heavy (non-hydrogen) atoms. The second-order valence-corrected chi connectivity index (χ2v) is 4.40. The zero-order valence-corrected chi connectivity index (χ0v) is 11.4. The summed E-state index contributed by atoms with van der Waals surface area (Å²) in [6, 6.07) is 2.72. The summed E-state index contributed by atoms with van der Waals surface area (Å²) in [7, 11) is 0. The second-order valence-electron chi connectivity index (χ2n) is 4.40. The van der Waals surface area contributed by atoms with Crippen molar-refractivity contribution in [2.45, 2.75) is 32.2 Å². The fourth-order valence-electron chi connectivity index (χ4n) is 1.75. The van der Waals surface area contributed by atoms with E-state index in [1.165, 1.54) is 0 Å². The van der Waals surface area contributed by atoms with E-state index in [1.54, 1.807) is 13.8 Å². The van der Waals surface area contributed by atoms with E-state index in [-0.39, 0.29) is 12.8 Å². The third-order valence-corrected chi connectivity index (χ3v) is 3.25. The first-order valence-electron chi connectivity index (χ1n) is 6.17. The smallest absolute Gasteiger partial charge is 0.307 e. The minimum Gasteiger partial charge on any atom is -0.334 e. The Bertz CT molecular complexity index is 622. The van der Waals surface area contributed by atoms with Gasteiger partial charge in [-0.3, -0.25) is 14.9 Å². The lowest BCUT2D eigenvalue weighted by Crippen LogP contribution is -2.46. The molecule has 0 aliphatic rings. The second kappa shape index (κ2) is 6.26. The van der Waals surface area contributed by atoms with Gasteiger partial charge in [0.05, 0.1) is 22.6 Å². The van der Waals surface area contributed by atoms with Crippen LogP contribution in [0.2, 0.25) is 0 Å². The summed E-state index contributed by atoms with van der Waals surface area (Å²) in [6.07, 6.45) is 0.561. The van der Waals surface area contributed by atoms with E-state index in [9.17, 15) is 23.7 Å². The number of nitro benzene ring substituents is 1. The first-order valence-corrected chi connectivity index (χ1v) is 6.17. The summed E-state index contributed by atoms with van der Waals surface area (Å²) < 4.78 is 27.2. The first kappa shape index (κ1) is 16.5. The van der Waals surface area contributed by atoms with Gasteiger partial charge in [-0.2, -0.15) is 9.65 Å². The summed E-state index contributed by atoms with van der Waals surface area (Å²) in [6.45, 7) is 3.33. The molecule has 1 N–H and O–H groups in total. The standard InChI is InChI=1S/C13H13F2N3O3/c1-3-13(4-2,7-16)17-12(19)8-5-10(15)11(18(20)21)6-9(8)14/h5-6H,3-4H2,1-2H3,(H,17,19). The fraction of sp³-hybridized carbons (Fsp3) is 0.385. The van der Waals surface area contributed by atoms with E-state index in [0.717, 1.165) is 0 Å². The fourth-order valence-corrected chi connectivity index (χ4v) is 1.75. The molecule has 1 aromatic rings. The maximum absolute atomic E-state index is 13.7. The molecular weight excluding hydrogens is 284 g/mol. The van der Waals surface area contributed by atoms with Crippen LogP contribution < -0.4 is 5.32 Å². The van der Waals surface area contributed by atoms with E-state index in [1.807, 2.05) is 6.07 Å². The van der Waals surface area contributed by atoms with Gasteiger partial charge in [-0.1, -0.05) is 13.8 Å². The predicted octanol–water partition coefficient (Wildman–Crippen LogP) is 2.69. The number of rotatable bonds is 5. The SMILES string of the molecule is CCC(C#N)(CC)NC(=O)c1cc(F)c([N+](=O)[O-])cc1F. The van der Waals surface area contributed by atoms with Crippen molar-refractivity contribution in [3.8, 4) is 6.07 Å². The number of nitrogens with one attached hydrogen (secondary N) is 1. The van der Waals surface area contributed by atoms with Gasteiger partial charge in [-0.25, -0.2) is 4.39 Å². The summed E-state index contributed by atoms with van der Waals surface area (Å²) in [5.74, 6) is -3.53. The first-order chi connectivity index (χ1) is 9.80. The molecule has 0 aromatic heterocycles. The van der Waals surface area contributed by atoms with Crippen LogP contribution in [0.25, 0.3) is 0 Å². The Hall–Kier alpha value is -2.56. The third kappa shape index (κ3) is 3.31. The number of carbonyl (C=O) groups is 1. The molecule has 0 radical (unpaired) electrons. The average molecular weight is 297 g/mol. The molecule has 0 unspecified atom stereocenters. The number of halogens is 2. The average Bonchev–Trinajstić information content (AvgIpc) is 2.46. The largest absolute Gasteiger partial charge is 0.334 e. The molecule has 0 bridgehead atoms. The van der Waals surface area contributed by atoms with Crippen LogP contribution in [0.5, 0.6) is 0 Å². The van der Waals surface area contributed by atoms with Crippen LogP contribution in [0.15, 0.2) is 12.1 Å². The van der Waals surface area contributed by atoms with Gasteiger partial charge in [0.2, 0.25) is 5.82 Å². The van der Waals surface area contributed by atoms with Crippen LogP contribution in [-0.2, 0) is 0 Å². The highest BCUT2D eigenvalue weighted by atomic mass is 19.1. The summed E-state index contributed by atoms with van der Waals surface area (Å²) in [5.41, 5.74) is -2.93. The van der Waals surface area contributed by atoms with Gasteiger partial charge in [0.25, 0.3) is 5.91 Å². The number of nitro groups is 1. The molecule has 1 aromatic carbocycles. The third-order valence-electron chi connectivity index (χ3n) is 3.25. The predicted molar refractivity (Wildman–Crippen MR) is 69.4 cm³/mol. The molecule has 112 valence electrons. The van der Waals surface area contributed by atoms with Crippen molar-refractivity contribution in [2.75, 3.05) is 0 Å². The maximum atomic E-state index is 13.7. The Morgan fingerprint density at radius 2 is 1.95 bits per heavy atom. The molecule has 0 saturated heterocycles.